The minimum Gasteiger partial charge on any atom is -0.337 e. The highest BCUT2D eigenvalue weighted by molar-refractivity contribution is 7.92. The van der Waals surface area contributed by atoms with Crippen molar-refractivity contribution in [3.63, 3.8) is 0 Å². The van der Waals surface area contributed by atoms with Crippen LogP contribution in [0.2, 0.25) is 0 Å². The van der Waals surface area contributed by atoms with Crippen molar-refractivity contribution in [1.82, 2.24) is 9.80 Å². The van der Waals surface area contributed by atoms with E-state index in [2.05, 4.69) is 11.9 Å². The molecule has 2 aliphatic heterocycles. The Balaban J connectivity index is 2.04. The van der Waals surface area contributed by atoms with E-state index in [0.717, 1.165) is 25.8 Å². The quantitative estimate of drug-likeness (QED) is 0.756. The number of rotatable bonds is 4. The summed E-state index contributed by atoms with van der Waals surface area (Å²) in [6.07, 6.45) is 4.29. The molecule has 2 saturated heterocycles. The highest BCUT2D eigenvalue weighted by Gasteiger charge is 2.38. The average Bonchev–Trinajstić information content (AvgIpc) is 2.96. The monoisotopic (exact) mass is 288 g/mol. The fourth-order valence-corrected chi connectivity index (χ4v) is 4.04. The molecule has 2 aliphatic rings. The van der Waals surface area contributed by atoms with Crippen LogP contribution in [-0.2, 0) is 14.6 Å². The first kappa shape index (κ1) is 14.8. The Hall–Kier alpha value is -0.620. The second-order valence-electron chi connectivity index (χ2n) is 5.66. The highest BCUT2D eigenvalue weighted by atomic mass is 32.2. The van der Waals surface area contributed by atoms with Gasteiger partial charge in [-0.3, -0.25) is 4.79 Å². The van der Waals surface area contributed by atoms with Gasteiger partial charge in [0.25, 0.3) is 0 Å². The molecule has 0 aliphatic carbocycles. The molecular weight excluding hydrogens is 264 g/mol. The van der Waals surface area contributed by atoms with Gasteiger partial charge in [0.2, 0.25) is 5.91 Å². The molecule has 19 heavy (non-hydrogen) atoms. The first-order valence-corrected chi connectivity index (χ1v) is 8.97. The predicted molar refractivity (Wildman–Crippen MR) is 74.7 cm³/mol. The van der Waals surface area contributed by atoms with Crippen LogP contribution in [0.15, 0.2) is 0 Å². The summed E-state index contributed by atoms with van der Waals surface area (Å²) >= 11 is 0. The number of carbonyl (C=O) groups is 1. The van der Waals surface area contributed by atoms with E-state index in [1.165, 1.54) is 6.42 Å². The maximum Gasteiger partial charge on any atom is 0.238 e. The van der Waals surface area contributed by atoms with Crippen LogP contribution in [0.4, 0.5) is 0 Å². The number of sulfone groups is 1. The molecule has 2 heterocycles. The molecule has 0 spiro atoms. The molecule has 1 amide bonds. The summed E-state index contributed by atoms with van der Waals surface area (Å²) in [7, 11) is -1.12. The Kier molecular flexibility index (Phi) is 4.50. The number of hydrogen-bond acceptors (Lipinski definition) is 4. The zero-order valence-corrected chi connectivity index (χ0v) is 12.7. The van der Waals surface area contributed by atoms with E-state index >= 15 is 0 Å². The van der Waals surface area contributed by atoms with Gasteiger partial charge >= 0.3 is 0 Å². The summed E-state index contributed by atoms with van der Waals surface area (Å²) in [5.74, 6) is -0.485. The topological polar surface area (TPSA) is 57.7 Å². The molecule has 0 aromatic rings. The molecular formula is C13H24N2O3S. The SMILES string of the molecule is CCS(=O)(=O)CC(=O)N1CCCC1C1CCCN1C. The summed E-state index contributed by atoms with van der Waals surface area (Å²) in [6, 6.07) is 0.628. The molecule has 2 fully saturated rings. The number of likely N-dealkylation sites (N-methyl/N-ethyl adjacent to an activating group) is 1. The highest BCUT2D eigenvalue weighted by Crippen LogP contribution is 2.29. The number of amides is 1. The van der Waals surface area contributed by atoms with Gasteiger partial charge in [-0.05, 0) is 39.3 Å². The summed E-state index contributed by atoms with van der Waals surface area (Å²) in [4.78, 5) is 16.4. The van der Waals surface area contributed by atoms with Crippen molar-refractivity contribution in [3.05, 3.63) is 0 Å². The fourth-order valence-electron chi connectivity index (χ4n) is 3.30. The van der Waals surface area contributed by atoms with Crippen molar-refractivity contribution in [2.75, 3.05) is 31.6 Å². The van der Waals surface area contributed by atoms with Gasteiger partial charge in [0.15, 0.2) is 9.84 Å². The number of nitrogens with zero attached hydrogens (tertiary/aromatic N) is 2. The molecule has 110 valence electrons. The molecule has 0 bridgehead atoms. The van der Waals surface area contributed by atoms with E-state index in [4.69, 9.17) is 0 Å². The van der Waals surface area contributed by atoms with E-state index < -0.39 is 9.84 Å². The van der Waals surface area contributed by atoms with Gasteiger partial charge in [-0.2, -0.15) is 0 Å². The fraction of sp³-hybridized carbons (Fsp3) is 0.923. The number of carbonyl (C=O) groups excluding carboxylic acids is 1. The third-order valence-corrected chi connectivity index (χ3v) is 5.99. The Morgan fingerprint density at radius 1 is 1.16 bits per heavy atom. The summed E-state index contributed by atoms with van der Waals surface area (Å²) in [6.45, 7) is 3.39. The van der Waals surface area contributed by atoms with E-state index in [0.29, 0.717) is 12.6 Å². The maximum atomic E-state index is 12.2. The molecule has 0 aromatic heterocycles. The van der Waals surface area contributed by atoms with Gasteiger partial charge in [0.05, 0.1) is 0 Å². The van der Waals surface area contributed by atoms with Gasteiger partial charge < -0.3 is 9.80 Å². The predicted octanol–water partition coefficient (Wildman–Crippen LogP) is 0.506. The van der Waals surface area contributed by atoms with Gasteiger partial charge in [-0.15, -0.1) is 0 Å². The summed E-state index contributed by atoms with van der Waals surface area (Å²) in [5, 5.41) is 0. The molecule has 2 atom stereocenters. The maximum absolute atomic E-state index is 12.2. The van der Waals surface area contributed by atoms with E-state index in [-0.39, 0.29) is 23.5 Å². The van der Waals surface area contributed by atoms with E-state index in [9.17, 15) is 13.2 Å². The van der Waals surface area contributed by atoms with Crippen LogP contribution in [-0.4, -0.2) is 67.9 Å². The lowest BCUT2D eigenvalue weighted by Crippen LogP contribution is -2.48. The minimum absolute atomic E-state index is 0.0422. The Labute approximate surface area is 115 Å². The third-order valence-electron chi connectivity index (χ3n) is 4.42. The van der Waals surface area contributed by atoms with Crippen LogP contribution in [0.1, 0.15) is 32.6 Å². The van der Waals surface area contributed by atoms with E-state index in [1.807, 2.05) is 4.90 Å². The first-order valence-electron chi connectivity index (χ1n) is 7.14. The largest absolute Gasteiger partial charge is 0.337 e. The zero-order valence-electron chi connectivity index (χ0n) is 11.8. The molecule has 0 radical (unpaired) electrons. The Morgan fingerprint density at radius 2 is 1.79 bits per heavy atom. The molecule has 6 heteroatoms. The second kappa shape index (κ2) is 5.79. The normalized spacial score (nSPS) is 29.1. The standard InChI is InChI=1S/C13H24N2O3S/c1-3-19(17,18)10-13(16)15-9-5-7-12(15)11-6-4-8-14(11)2/h11-12H,3-10H2,1-2H3. The van der Waals surface area contributed by atoms with Gasteiger partial charge in [-0.25, -0.2) is 8.42 Å². The lowest BCUT2D eigenvalue weighted by molar-refractivity contribution is -0.130. The Morgan fingerprint density at radius 3 is 2.37 bits per heavy atom. The van der Waals surface area contributed by atoms with Crippen LogP contribution in [0.5, 0.6) is 0 Å². The lowest BCUT2D eigenvalue weighted by Gasteiger charge is -2.33. The van der Waals surface area contributed by atoms with Crippen molar-refractivity contribution < 1.29 is 13.2 Å². The average molecular weight is 288 g/mol. The number of likely N-dealkylation sites (tertiary alicyclic amines) is 2. The first-order chi connectivity index (χ1) is 8.94. The van der Waals surface area contributed by atoms with Gasteiger partial charge in [0, 0.05) is 24.4 Å². The third kappa shape index (κ3) is 3.28. The second-order valence-corrected chi connectivity index (χ2v) is 8.02. The van der Waals surface area contributed by atoms with Crippen LogP contribution in [0, 0.1) is 0 Å². The molecule has 0 saturated carbocycles. The lowest BCUT2D eigenvalue weighted by atomic mass is 10.0. The van der Waals surface area contributed by atoms with Crippen LogP contribution >= 0.6 is 0 Å². The van der Waals surface area contributed by atoms with Crippen LogP contribution in [0.3, 0.4) is 0 Å². The van der Waals surface area contributed by atoms with Crippen LogP contribution in [0.25, 0.3) is 0 Å². The Bertz CT molecular complexity index is 435. The van der Waals surface area contributed by atoms with Gasteiger partial charge in [0.1, 0.15) is 5.75 Å². The van der Waals surface area contributed by atoms with Crippen molar-refractivity contribution in [2.45, 2.75) is 44.7 Å². The molecule has 2 rings (SSSR count). The zero-order chi connectivity index (χ0) is 14.0. The van der Waals surface area contributed by atoms with Crippen molar-refractivity contribution in [2.24, 2.45) is 0 Å². The summed E-state index contributed by atoms with van der Waals surface area (Å²) in [5.41, 5.74) is 0. The molecule has 2 unspecified atom stereocenters. The smallest absolute Gasteiger partial charge is 0.238 e. The molecule has 5 nitrogen and oxygen atoms in total. The molecule has 0 N–H and O–H groups in total. The minimum atomic E-state index is -3.22. The van der Waals surface area contributed by atoms with Crippen molar-refractivity contribution in [3.8, 4) is 0 Å². The van der Waals surface area contributed by atoms with Gasteiger partial charge in [-0.1, -0.05) is 6.92 Å². The van der Waals surface area contributed by atoms with Crippen LogP contribution < -0.4 is 0 Å². The molecule has 0 aromatic carbocycles. The van der Waals surface area contributed by atoms with E-state index in [1.54, 1.807) is 6.92 Å². The number of hydrogen-bond donors (Lipinski definition) is 0. The summed E-state index contributed by atoms with van der Waals surface area (Å²) < 4.78 is 23.2. The van der Waals surface area contributed by atoms with Crippen molar-refractivity contribution >= 4 is 15.7 Å². The van der Waals surface area contributed by atoms with Crippen molar-refractivity contribution in [1.29, 1.82) is 0 Å².